The molecular weight excluding hydrogens is 813 g/mol. The third-order valence-electron chi connectivity index (χ3n) is 8.93. The van der Waals surface area contributed by atoms with E-state index >= 15 is 0 Å². The van der Waals surface area contributed by atoms with Crippen molar-refractivity contribution in [1.29, 1.82) is 0 Å². The number of ether oxygens (including phenoxy) is 6. The zero-order valence-corrected chi connectivity index (χ0v) is 42.0. The molecule has 0 fully saturated rings. The average molecular weight is 885 g/mol. The van der Waals surface area contributed by atoms with Gasteiger partial charge in [-0.05, 0) is 73.2 Å². The van der Waals surface area contributed by atoms with Crippen LogP contribution in [0.1, 0.15) is 36.8 Å². The second kappa shape index (κ2) is 24.5. The summed E-state index contributed by atoms with van der Waals surface area (Å²) in [4.78, 5) is 52.3. The standard InChI is InChI=1S/C45H72O10Si4/c1-56(2,3)29-13-25-50-42(46)40(43(47)51-26-14-30-57(4,5)6)33-36-17-21-38(22-18-36)54-35-55-39-23-19-37(20-24-39)34-41(44(48)52-27-15-31-58(7,8)9)45(49)53-28-16-32-59(10,11)12/h17-24,33-34H,13-16,25-32,35H2,1-12H3. The lowest BCUT2D eigenvalue weighted by molar-refractivity contribution is -0.148. The topological polar surface area (TPSA) is 124 Å². The number of hydrogen-bond donors (Lipinski definition) is 0. The fraction of sp³-hybridized carbons (Fsp3) is 0.556. The molecule has 0 spiro atoms. The molecule has 0 heterocycles. The molecule has 2 aromatic rings. The van der Waals surface area contributed by atoms with E-state index < -0.39 is 56.2 Å². The lowest BCUT2D eigenvalue weighted by Gasteiger charge is -2.16. The van der Waals surface area contributed by atoms with Crippen molar-refractivity contribution in [3.05, 3.63) is 70.8 Å². The van der Waals surface area contributed by atoms with Crippen molar-refractivity contribution >= 4 is 68.3 Å². The Hall–Kier alpha value is -3.73. The highest BCUT2D eigenvalue weighted by molar-refractivity contribution is 6.77. The highest BCUT2D eigenvalue weighted by atomic mass is 28.3. The van der Waals surface area contributed by atoms with Crippen LogP contribution in [0.25, 0.3) is 12.2 Å². The molecular formula is C45H72O10Si4. The Balaban J connectivity index is 2.08. The fourth-order valence-electron chi connectivity index (χ4n) is 5.60. The minimum atomic E-state index is -1.29. The summed E-state index contributed by atoms with van der Waals surface area (Å²) in [5.74, 6) is -1.74. The first-order valence-corrected chi connectivity index (χ1v) is 35.8. The Bertz CT molecular complexity index is 1500. The van der Waals surface area contributed by atoms with Crippen LogP contribution in [-0.4, -0.2) is 89.4 Å². The van der Waals surface area contributed by atoms with E-state index in [-0.39, 0.29) is 44.4 Å². The lowest BCUT2D eigenvalue weighted by Crippen LogP contribution is -2.23. The van der Waals surface area contributed by atoms with Gasteiger partial charge in [-0.3, -0.25) is 0 Å². The first-order chi connectivity index (χ1) is 27.4. The zero-order chi connectivity index (χ0) is 44.3. The van der Waals surface area contributed by atoms with Crippen molar-refractivity contribution in [1.82, 2.24) is 0 Å². The lowest BCUT2D eigenvalue weighted by atomic mass is 10.1. The Morgan fingerprint density at radius 1 is 0.407 bits per heavy atom. The summed E-state index contributed by atoms with van der Waals surface area (Å²) in [7, 11) is -5.15. The molecule has 0 bridgehead atoms. The summed E-state index contributed by atoms with van der Waals surface area (Å²) in [6.07, 6.45) is 5.99. The summed E-state index contributed by atoms with van der Waals surface area (Å²) in [5, 5.41) is 0. The smallest absolute Gasteiger partial charge is 0.345 e. The molecule has 0 radical (unpaired) electrons. The Labute approximate surface area is 358 Å². The van der Waals surface area contributed by atoms with E-state index in [9.17, 15) is 19.2 Å². The number of carbonyl (C=O) groups is 4. The van der Waals surface area contributed by atoms with Gasteiger partial charge in [0.25, 0.3) is 0 Å². The van der Waals surface area contributed by atoms with E-state index in [1.807, 2.05) is 0 Å². The molecule has 0 unspecified atom stereocenters. The van der Waals surface area contributed by atoms with E-state index in [4.69, 9.17) is 28.4 Å². The van der Waals surface area contributed by atoms with E-state index in [0.717, 1.165) is 49.9 Å². The Kier molecular flexibility index (Phi) is 21.4. The summed E-state index contributed by atoms with van der Waals surface area (Å²) in [6.45, 7) is 28.1. The van der Waals surface area contributed by atoms with Gasteiger partial charge < -0.3 is 28.4 Å². The van der Waals surface area contributed by atoms with Gasteiger partial charge in [0, 0.05) is 32.3 Å². The number of rotatable bonds is 26. The predicted molar refractivity (Wildman–Crippen MR) is 250 cm³/mol. The Morgan fingerprint density at radius 3 is 0.864 bits per heavy atom. The predicted octanol–water partition coefficient (Wildman–Crippen LogP) is 11.0. The molecule has 0 atom stereocenters. The molecule has 0 aliphatic rings. The number of hydrogen-bond acceptors (Lipinski definition) is 10. The molecule has 59 heavy (non-hydrogen) atoms. The molecule has 10 nitrogen and oxygen atoms in total. The number of carbonyl (C=O) groups excluding carboxylic acids is 4. The molecule has 2 rings (SSSR count). The summed E-state index contributed by atoms with van der Waals surface area (Å²) in [5.41, 5.74) is 0.940. The number of esters is 4. The van der Waals surface area contributed by atoms with E-state index in [0.29, 0.717) is 22.6 Å². The minimum absolute atomic E-state index is 0.0954. The van der Waals surface area contributed by atoms with Gasteiger partial charge in [-0.1, -0.05) is 127 Å². The third-order valence-corrected chi connectivity index (χ3v) is 16.3. The number of benzene rings is 2. The third kappa shape index (κ3) is 24.2. The largest absolute Gasteiger partial charge is 0.462 e. The maximum atomic E-state index is 13.1. The van der Waals surface area contributed by atoms with Gasteiger partial charge >= 0.3 is 23.9 Å². The van der Waals surface area contributed by atoms with Crippen LogP contribution in [0.4, 0.5) is 0 Å². The van der Waals surface area contributed by atoms with Gasteiger partial charge in [-0.2, -0.15) is 0 Å². The van der Waals surface area contributed by atoms with Gasteiger partial charge in [0.15, 0.2) is 0 Å². The first kappa shape index (κ1) is 51.4. The molecule has 0 amide bonds. The van der Waals surface area contributed by atoms with Crippen molar-refractivity contribution in [3.8, 4) is 11.5 Å². The van der Waals surface area contributed by atoms with Crippen molar-refractivity contribution in [2.45, 2.75) is 128 Å². The van der Waals surface area contributed by atoms with Gasteiger partial charge in [0.1, 0.15) is 22.6 Å². The maximum absolute atomic E-state index is 13.1. The highest BCUT2D eigenvalue weighted by Gasteiger charge is 2.25. The van der Waals surface area contributed by atoms with E-state index in [1.54, 1.807) is 48.5 Å². The van der Waals surface area contributed by atoms with E-state index in [1.165, 1.54) is 12.2 Å². The molecule has 0 saturated carbocycles. The van der Waals surface area contributed by atoms with Gasteiger partial charge in [-0.15, -0.1) is 0 Å². The molecule has 14 heteroatoms. The molecule has 2 aromatic carbocycles. The van der Waals surface area contributed by atoms with Gasteiger partial charge in [0.05, 0.1) is 26.4 Å². The van der Waals surface area contributed by atoms with Crippen LogP contribution < -0.4 is 9.47 Å². The molecule has 0 aromatic heterocycles. The Morgan fingerprint density at radius 2 is 0.644 bits per heavy atom. The van der Waals surface area contributed by atoms with Crippen LogP contribution >= 0.6 is 0 Å². The molecule has 328 valence electrons. The monoisotopic (exact) mass is 884 g/mol. The normalized spacial score (nSPS) is 11.9. The summed E-state index contributed by atoms with van der Waals surface area (Å²) >= 11 is 0. The summed E-state index contributed by atoms with van der Waals surface area (Å²) < 4.78 is 33.6. The highest BCUT2D eigenvalue weighted by Crippen LogP contribution is 2.21. The van der Waals surface area contributed by atoms with Crippen LogP contribution in [0.2, 0.25) is 103 Å². The van der Waals surface area contributed by atoms with Crippen LogP contribution in [-0.2, 0) is 38.1 Å². The van der Waals surface area contributed by atoms with Crippen molar-refractivity contribution in [2.75, 3.05) is 33.2 Å². The fourth-order valence-corrected chi connectivity index (χ4v) is 10.4. The average Bonchev–Trinajstić information content (AvgIpc) is 3.12. The second-order valence-corrected chi connectivity index (χ2v) is 42.3. The summed E-state index contributed by atoms with van der Waals surface area (Å²) in [6, 6.07) is 17.9. The van der Waals surface area contributed by atoms with Crippen molar-refractivity contribution in [3.63, 3.8) is 0 Å². The SMILES string of the molecule is C[Si](C)(C)CCCOC(=O)C(=Cc1ccc(OCOc2ccc(C=C(C(=O)OCCC[Si](C)(C)C)C(=O)OCCC[Si](C)(C)C)cc2)cc1)C(=O)OCCC[Si](C)(C)C. The van der Waals surface area contributed by atoms with Crippen molar-refractivity contribution in [2.24, 2.45) is 0 Å². The maximum Gasteiger partial charge on any atom is 0.345 e. The minimum Gasteiger partial charge on any atom is -0.462 e. The van der Waals surface area contributed by atoms with Gasteiger partial charge in [-0.25, -0.2) is 19.2 Å². The zero-order valence-electron chi connectivity index (χ0n) is 38.0. The molecule has 0 aliphatic carbocycles. The van der Waals surface area contributed by atoms with E-state index in [2.05, 4.69) is 78.6 Å². The van der Waals surface area contributed by atoms with Crippen LogP contribution in [0.3, 0.4) is 0 Å². The first-order valence-electron chi connectivity index (χ1n) is 21.0. The molecule has 0 saturated heterocycles. The van der Waals surface area contributed by atoms with Crippen molar-refractivity contribution < 1.29 is 47.6 Å². The quantitative estimate of drug-likeness (QED) is 0.0132. The molecule has 0 aliphatic heterocycles. The van der Waals surface area contributed by atoms with Crippen LogP contribution in [0.15, 0.2) is 59.7 Å². The van der Waals surface area contributed by atoms with Gasteiger partial charge in [0.2, 0.25) is 6.79 Å². The molecule has 0 N–H and O–H groups in total. The second-order valence-electron chi connectivity index (χ2n) is 19.9. The van der Waals surface area contributed by atoms with Crippen LogP contribution in [0.5, 0.6) is 11.5 Å². The van der Waals surface area contributed by atoms with Crippen LogP contribution in [0, 0.1) is 0 Å².